The molecule has 4 heteroatoms. The topological polar surface area (TPSA) is 46.3 Å². The minimum Gasteiger partial charge on any atom is -0.393 e. The van der Waals surface area contributed by atoms with Crippen molar-refractivity contribution in [2.24, 2.45) is 17.6 Å². The maximum absolute atomic E-state index is 11.9. The average molecular weight is 216 g/mol. The van der Waals surface area contributed by atoms with E-state index in [0.717, 1.165) is 0 Å². The standard InChI is InChI=1S/C10H20N2OS/c1-5-12(6-2)10(13)8(7(3)4)9(11)14/h7-8H,5-6H2,1-4H3,(H2,11,14). The van der Waals surface area contributed by atoms with Crippen molar-refractivity contribution >= 4 is 23.1 Å². The molecule has 0 aliphatic rings. The molecule has 0 radical (unpaired) electrons. The average Bonchev–Trinajstić information content (AvgIpc) is 2.04. The quantitative estimate of drug-likeness (QED) is 0.707. The Labute approximate surface area is 91.6 Å². The fourth-order valence-corrected chi connectivity index (χ4v) is 1.84. The first kappa shape index (κ1) is 13.4. The van der Waals surface area contributed by atoms with Crippen LogP contribution in [-0.4, -0.2) is 28.9 Å². The number of nitrogens with two attached hydrogens (primary N) is 1. The second kappa shape index (κ2) is 5.96. The molecule has 2 N–H and O–H groups in total. The highest BCUT2D eigenvalue weighted by Crippen LogP contribution is 2.14. The number of carbonyl (C=O) groups excluding carboxylic acids is 1. The Balaban J connectivity index is 4.67. The Hall–Kier alpha value is -0.640. The largest absolute Gasteiger partial charge is 0.393 e. The zero-order valence-corrected chi connectivity index (χ0v) is 10.2. The molecule has 1 amide bonds. The van der Waals surface area contributed by atoms with Gasteiger partial charge in [-0.15, -0.1) is 0 Å². The smallest absolute Gasteiger partial charge is 0.232 e. The highest BCUT2D eigenvalue weighted by atomic mass is 32.1. The molecular formula is C10H20N2OS. The first-order valence-corrected chi connectivity index (χ1v) is 5.44. The number of hydrogen-bond donors (Lipinski definition) is 1. The van der Waals surface area contributed by atoms with Crippen molar-refractivity contribution in [3.63, 3.8) is 0 Å². The molecule has 1 atom stereocenters. The molecule has 0 saturated heterocycles. The first-order valence-electron chi connectivity index (χ1n) is 5.03. The van der Waals surface area contributed by atoms with Gasteiger partial charge < -0.3 is 10.6 Å². The number of hydrogen-bond acceptors (Lipinski definition) is 2. The van der Waals surface area contributed by atoms with E-state index in [1.165, 1.54) is 0 Å². The summed E-state index contributed by atoms with van der Waals surface area (Å²) in [6.07, 6.45) is 0. The molecule has 0 saturated carbocycles. The van der Waals surface area contributed by atoms with Crippen LogP contribution in [0.4, 0.5) is 0 Å². The molecule has 0 rings (SSSR count). The van der Waals surface area contributed by atoms with Gasteiger partial charge >= 0.3 is 0 Å². The molecule has 0 bridgehead atoms. The van der Waals surface area contributed by atoms with E-state index in [-0.39, 0.29) is 17.7 Å². The van der Waals surface area contributed by atoms with E-state index < -0.39 is 0 Å². The molecule has 0 spiro atoms. The minimum atomic E-state index is -0.315. The molecule has 0 aromatic rings. The Morgan fingerprint density at radius 2 is 1.79 bits per heavy atom. The first-order chi connectivity index (χ1) is 6.45. The Morgan fingerprint density at radius 1 is 1.36 bits per heavy atom. The van der Waals surface area contributed by atoms with E-state index in [0.29, 0.717) is 18.1 Å². The van der Waals surface area contributed by atoms with Crippen molar-refractivity contribution < 1.29 is 4.79 Å². The van der Waals surface area contributed by atoms with Crippen LogP contribution in [0, 0.1) is 11.8 Å². The number of rotatable bonds is 5. The summed E-state index contributed by atoms with van der Waals surface area (Å²) in [7, 11) is 0. The van der Waals surface area contributed by atoms with E-state index in [4.69, 9.17) is 18.0 Å². The van der Waals surface area contributed by atoms with Crippen LogP contribution >= 0.6 is 12.2 Å². The van der Waals surface area contributed by atoms with Crippen molar-refractivity contribution in [3.05, 3.63) is 0 Å². The van der Waals surface area contributed by atoms with Crippen LogP contribution in [0.15, 0.2) is 0 Å². The Bertz CT molecular complexity index is 212. The molecule has 0 fully saturated rings. The van der Waals surface area contributed by atoms with Crippen molar-refractivity contribution in [1.29, 1.82) is 0 Å². The molecule has 0 aromatic heterocycles. The fourth-order valence-electron chi connectivity index (χ4n) is 1.47. The van der Waals surface area contributed by atoms with Crippen molar-refractivity contribution in [2.75, 3.05) is 13.1 Å². The summed E-state index contributed by atoms with van der Waals surface area (Å²) in [5.74, 6) is -0.0944. The Kier molecular flexibility index (Phi) is 5.69. The second-order valence-electron chi connectivity index (χ2n) is 3.63. The lowest BCUT2D eigenvalue weighted by Crippen LogP contribution is -2.43. The summed E-state index contributed by atoms with van der Waals surface area (Å²) in [6, 6.07) is 0. The van der Waals surface area contributed by atoms with Gasteiger partial charge in [-0.05, 0) is 19.8 Å². The van der Waals surface area contributed by atoms with Gasteiger partial charge in [0.2, 0.25) is 5.91 Å². The minimum absolute atomic E-state index is 0.0532. The van der Waals surface area contributed by atoms with Crippen molar-refractivity contribution in [2.45, 2.75) is 27.7 Å². The predicted molar refractivity (Wildman–Crippen MR) is 63.0 cm³/mol. The molecule has 0 aromatic carbocycles. The summed E-state index contributed by atoms with van der Waals surface area (Å²) in [6.45, 7) is 9.26. The van der Waals surface area contributed by atoms with Crippen LogP contribution in [0.3, 0.4) is 0 Å². The zero-order chi connectivity index (χ0) is 11.3. The van der Waals surface area contributed by atoms with Gasteiger partial charge in [-0.1, -0.05) is 26.1 Å². The summed E-state index contributed by atoms with van der Waals surface area (Å²) >= 11 is 4.91. The Morgan fingerprint density at radius 3 is 2.00 bits per heavy atom. The van der Waals surface area contributed by atoms with Gasteiger partial charge in [-0.2, -0.15) is 0 Å². The van der Waals surface area contributed by atoms with Crippen LogP contribution in [0.1, 0.15) is 27.7 Å². The molecule has 0 heterocycles. The third-order valence-corrected chi connectivity index (χ3v) is 2.57. The van der Waals surface area contributed by atoms with Crippen LogP contribution < -0.4 is 5.73 Å². The van der Waals surface area contributed by atoms with E-state index in [9.17, 15) is 4.79 Å². The predicted octanol–water partition coefficient (Wildman–Crippen LogP) is 1.41. The van der Waals surface area contributed by atoms with Gasteiger partial charge in [0.25, 0.3) is 0 Å². The maximum atomic E-state index is 11.9. The number of thiocarbonyl (C=S) groups is 1. The summed E-state index contributed by atoms with van der Waals surface area (Å²) in [5, 5.41) is 0. The lowest BCUT2D eigenvalue weighted by molar-refractivity contribution is -0.134. The summed E-state index contributed by atoms with van der Waals surface area (Å²) < 4.78 is 0. The number of carbonyl (C=O) groups is 1. The van der Waals surface area contributed by atoms with Crippen LogP contribution in [0.2, 0.25) is 0 Å². The molecule has 1 unspecified atom stereocenters. The molecule has 14 heavy (non-hydrogen) atoms. The SMILES string of the molecule is CCN(CC)C(=O)C(C(N)=S)C(C)C. The van der Waals surface area contributed by atoms with Crippen LogP contribution in [0.25, 0.3) is 0 Å². The lowest BCUT2D eigenvalue weighted by atomic mass is 9.94. The van der Waals surface area contributed by atoms with E-state index in [1.807, 2.05) is 27.7 Å². The van der Waals surface area contributed by atoms with Crippen molar-refractivity contribution in [1.82, 2.24) is 4.90 Å². The van der Waals surface area contributed by atoms with Gasteiger partial charge in [0.1, 0.15) is 0 Å². The fraction of sp³-hybridized carbons (Fsp3) is 0.800. The summed E-state index contributed by atoms with van der Waals surface area (Å²) in [5.41, 5.74) is 5.57. The molecule has 0 aliphatic carbocycles. The van der Waals surface area contributed by atoms with Gasteiger partial charge in [0.05, 0.1) is 10.9 Å². The van der Waals surface area contributed by atoms with E-state index in [2.05, 4.69) is 0 Å². The van der Waals surface area contributed by atoms with Crippen LogP contribution in [0.5, 0.6) is 0 Å². The molecular weight excluding hydrogens is 196 g/mol. The number of amides is 1. The second-order valence-corrected chi connectivity index (χ2v) is 4.11. The molecule has 82 valence electrons. The van der Waals surface area contributed by atoms with Gasteiger partial charge in [0, 0.05) is 13.1 Å². The van der Waals surface area contributed by atoms with Gasteiger partial charge in [-0.25, -0.2) is 0 Å². The van der Waals surface area contributed by atoms with Gasteiger partial charge in [0.15, 0.2) is 0 Å². The highest BCUT2D eigenvalue weighted by Gasteiger charge is 2.27. The molecule has 3 nitrogen and oxygen atoms in total. The number of nitrogens with zero attached hydrogens (tertiary/aromatic N) is 1. The third-order valence-electron chi connectivity index (χ3n) is 2.31. The van der Waals surface area contributed by atoms with E-state index >= 15 is 0 Å². The third kappa shape index (κ3) is 3.25. The molecule has 0 aliphatic heterocycles. The maximum Gasteiger partial charge on any atom is 0.232 e. The zero-order valence-electron chi connectivity index (χ0n) is 9.41. The highest BCUT2D eigenvalue weighted by molar-refractivity contribution is 7.80. The normalized spacial score (nSPS) is 12.6. The van der Waals surface area contributed by atoms with Gasteiger partial charge in [-0.3, -0.25) is 4.79 Å². The van der Waals surface area contributed by atoms with Crippen molar-refractivity contribution in [3.8, 4) is 0 Å². The summed E-state index contributed by atoms with van der Waals surface area (Å²) in [4.78, 5) is 14.0. The monoisotopic (exact) mass is 216 g/mol. The van der Waals surface area contributed by atoms with Crippen LogP contribution in [-0.2, 0) is 4.79 Å². The van der Waals surface area contributed by atoms with E-state index in [1.54, 1.807) is 4.90 Å². The lowest BCUT2D eigenvalue weighted by Gasteiger charge is -2.26.